The van der Waals surface area contributed by atoms with Gasteiger partial charge in [0.1, 0.15) is 18.4 Å². The van der Waals surface area contributed by atoms with Crippen molar-refractivity contribution in [1.82, 2.24) is 15.6 Å². The molecule has 2 bridgehead atoms. The van der Waals surface area contributed by atoms with Crippen LogP contribution in [0, 0.1) is 11.8 Å². The Morgan fingerprint density at radius 1 is 1.14 bits per heavy atom. The van der Waals surface area contributed by atoms with Crippen LogP contribution in [0.15, 0.2) is 46.6 Å². The van der Waals surface area contributed by atoms with Crippen molar-refractivity contribution < 1.29 is 33.8 Å². The minimum absolute atomic E-state index is 0.00233. The average molecular weight is 504 g/mol. The van der Waals surface area contributed by atoms with Crippen LogP contribution in [0.2, 0.25) is 0 Å². The Morgan fingerprint density at radius 3 is 2.56 bits per heavy atom. The topological polar surface area (TPSA) is 151 Å². The van der Waals surface area contributed by atoms with Gasteiger partial charge in [-0.05, 0) is 25.8 Å². The molecule has 198 valence electrons. The van der Waals surface area contributed by atoms with Gasteiger partial charge in [-0.2, -0.15) is 0 Å². The van der Waals surface area contributed by atoms with E-state index in [-0.39, 0.29) is 48.7 Å². The van der Waals surface area contributed by atoms with Crippen LogP contribution in [0.5, 0.6) is 0 Å². The average Bonchev–Trinajstić information content (AvgIpc) is 3.25. The zero-order chi connectivity index (χ0) is 26.8. The quantitative estimate of drug-likeness (QED) is 0.424. The number of nitrogens with zero attached hydrogens (tertiary/aromatic N) is 1. The molecule has 1 aliphatic heterocycles. The van der Waals surface area contributed by atoms with E-state index < -0.39 is 36.2 Å². The Hall–Kier alpha value is -3.24. The summed E-state index contributed by atoms with van der Waals surface area (Å²) < 4.78 is 10.9. The second-order valence-electron chi connectivity index (χ2n) is 9.40. The number of aromatic nitrogens is 1. The summed E-state index contributed by atoms with van der Waals surface area (Å²) in [5, 5.41) is 25.8. The third kappa shape index (κ3) is 9.43. The largest absolute Gasteiger partial charge is 0.460 e. The van der Waals surface area contributed by atoms with Gasteiger partial charge >= 0.3 is 5.97 Å². The molecule has 5 atom stereocenters. The SMILES string of the molecule is CC1=C[C@@H](O)C[C@H](O)Cc2nc(co2)C(=O)N[C@H](C)C(=O)O[C@H](C(C)C)[C@H](C)C=CC(=O)NCC=C1. The third-order valence-electron chi connectivity index (χ3n) is 5.62. The summed E-state index contributed by atoms with van der Waals surface area (Å²) in [4.78, 5) is 41.5. The van der Waals surface area contributed by atoms with Crippen LogP contribution < -0.4 is 10.6 Å². The number of hydrogen-bond acceptors (Lipinski definition) is 8. The Bertz CT molecular complexity index is 995. The van der Waals surface area contributed by atoms with E-state index in [9.17, 15) is 24.6 Å². The number of aliphatic hydroxyl groups excluding tert-OH is 2. The molecular weight excluding hydrogens is 466 g/mol. The van der Waals surface area contributed by atoms with Crippen LogP contribution in [-0.2, 0) is 20.7 Å². The summed E-state index contributed by atoms with van der Waals surface area (Å²) in [6.07, 6.45) is 6.98. The lowest BCUT2D eigenvalue weighted by Crippen LogP contribution is -2.42. The van der Waals surface area contributed by atoms with Crippen LogP contribution in [-0.4, -0.2) is 63.9 Å². The molecule has 4 N–H and O–H groups in total. The number of carbonyl (C=O) groups excluding carboxylic acids is 3. The number of amides is 2. The van der Waals surface area contributed by atoms with Gasteiger partial charge in [0.25, 0.3) is 5.91 Å². The summed E-state index contributed by atoms with van der Waals surface area (Å²) in [7, 11) is 0. The van der Waals surface area contributed by atoms with Gasteiger partial charge in [0, 0.05) is 18.9 Å². The standard InChI is InChI=1S/C26H37N3O7/c1-15(2)24-17(4)8-9-22(32)27-10-6-7-16(3)11-19(30)12-20(31)13-23-29-21(14-35-23)25(33)28-18(5)26(34)36-24/h6-9,11,14-15,17-20,24,30-31H,10,12-13H2,1-5H3,(H,27,32)(H,28,33)/t17-,18-,19-,20+,24-/m1/s1. The van der Waals surface area contributed by atoms with Gasteiger partial charge in [0.15, 0.2) is 11.6 Å². The van der Waals surface area contributed by atoms with Crippen molar-refractivity contribution in [3.8, 4) is 0 Å². The molecule has 2 heterocycles. The normalized spacial score (nSPS) is 27.7. The monoisotopic (exact) mass is 503 g/mol. The summed E-state index contributed by atoms with van der Waals surface area (Å²) in [5.41, 5.74) is 0.719. The van der Waals surface area contributed by atoms with E-state index >= 15 is 0 Å². The maximum atomic E-state index is 12.7. The fourth-order valence-electron chi connectivity index (χ4n) is 3.73. The van der Waals surface area contributed by atoms with E-state index in [0.29, 0.717) is 0 Å². The highest BCUT2D eigenvalue weighted by Gasteiger charge is 2.28. The summed E-state index contributed by atoms with van der Waals surface area (Å²) in [6.45, 7) is 9.24. The van der Waals surface area contributed by atoms with E-state index in [4.69, 9.17) is 9.15 Å². The van der Waals surface area contributed by atoms with Gasteiger partial charge in [-0.1, -0.05) is 50.6 Å². The molecule has 0 unspecified atom stereocenters. The molecule has 0 fully saturated rings. The maximum absolute atomic E-state index is 12.7. The highest BCUT2D eigenvalue weighted by atomic mass is 16.5. The van der Waals surface area contributed by atoms with Crippen LogP contribution >= 0.6 is 0 Å². The fourth-order valence-corrected chi connectivity index (χ4v) is 3.73. The molecule has 1 aromatic heterocycles. The second kappa shape index (κ2) is 13.7. The van der Waals surface area contributed by atoms with E-state index in [0.717, 1.165) is 11.8 Å². The number of oxazole rings is 1. The lowest BCUT2D eigenvalue weighted by atomic mass is 9.94. The predicted molar refractivity (Wildman–Crippen MR) is 133 cm³/mol. The Morgan fingerprint density at radius 2 is 1.86 bits per heavy atom. The van der Waals surface area contributed by atoms with E-state index in [2.05, 4.69) is 15.6 Å². The van der Waals surface area contributed by atoms with Crippen molar-refractivity contribution in [3.63, 3.8) is 0 Å². The first kappa shape index (κ1) is 29.0. The first-order valence-corrected chi connectivity index (χ1v) is 12.1. The molecule has 36 heavy (non-hydrogen) atoms. The van der Waals surface area contributed by atoms with Gasteiger partial charge in [0.2, 0.25) is 5.91 Å². The molecule has 0 aromatic carbocycles. The molecule has 1 aromatic rings. The molecule has 2 amide bonds. The van der Waals surface area contributed by atoms with Gasteiger partial charge in [-0.25, -0.2) is 9.78 Å². The number of esters is 1. The lowest BCUT2D eigenvalue weighted by Gasteiger charge is -2.27. The van der Waals surface area contributed by atoms with Crippen molar-refractivity contribution in [2.45, 2.75) is 71.8 Å². The molecule has 10 nitrogen and oxygen atoms in total. The van der Waals surface area contributed by atoms with Crippen molar-refractivity contribution >= 4 is 17.8 Å². The Balaban J connectivity index is 2.24. The van der Waals surface area contributed by atoms with Crippen molar-refractivity contribution in [2.75, 3.05) is 6.54 Å². The van der Waals surface area contributed by atoms with E-state index in [1.54, 1.807) is 31.2 Å². The second-order valence-corrected chi connectivity index (χ2v) is 9.40. The van der Waals surface area contributed by atoms with Gasteiger partial charge in [-0.3, -0.25) is 9.59 Å². The highest BCUT2D eigenvalue weighted by molar-refractivity contribution is 5.94. The van der Waals surface area contributed by atoms with E-state index in [1.165, 1.54) is 13.0 Å². The molecule has 2 rings (SSSR count). The highest BCUT2D eigenvalue weighted by Crippen LogP contribution is 2.19. The van der Waals surface area contributed by atoms with Gasteiger partial charge < -0.3 is 30.0 Å². The zero-order valence-corrected chi connectivity index (χ0v) is 21.4. The minimum Gasteiger partial charge on any atom is -0.460 e. The molecule has 0 saturated carbocycles. The maximum Gasteiger partial charge on any atom is 0.328 e. The van der Waals surface area contributed by atoms with Crippen molar-refractivity contribution in [1.29, 1.82) is 0 Å². The van der Waals surface area contributed by atoms with Crippen LogP contribution in [0.3, 0.4) is 0 Å². The first-order valence-electron chi connectivity index (χ1n) is 12.1. The molecule has 0 spiro atoms. The van der Waals surface area contributed by atoms with E-state index in [1.807, 2.05) is 20.8 Å². The van der Waals surface area contributed by atoms with Gasteiger partial charge in [-0.15, -0.1) is 0 Å². The van der Waals surface area contributed by atoms with Crippen molar-refractivity contribution in [3.05, 3.63) is 53.8 Å². The Kier molecular flexibility index (Phi) is 11.1. The molecular formula is C26H37N3O7. The first-order chi connectivity index (χ1) is 17.0. The number of aliphatic hydroxyl groups is 2. The smallest absolute Gasteiger partial charge is 0.328 e. The number of cyclic esters (lactones) is 1. The number of nitrogens with one attached hydrogen (secondary N) is 2. The summed E-state index contributed by atoms with van der Waals surface area (Å²) in [5.74, 6) is -1.70. The number of fused-ring (bicyclic) bond motifs is 2. The number of allylic oxidation sites excluding steroid dienone is 2. The molecule has 0 aliphatic carbocycles. The molecule has 0 radical (unpaired) electrons. The number of rotatable bonds is 1. The number of ether oxygens (including phenoxy) is 1. The van der Waals surface area contributed by atoms with Gasteiger partial charge in [0.05, 0.1) is 18.6 Å². The van der Waals surface area contributed by atoms with Crippen molar-refractivity contribution in [2.24, 2.45) is 11.8 Å². The Labute approximate surface area is 211 Å². The summed E-state index contributed by atoms with van der Waals surface area (Å²) in [6, 6.07) is -0.956. The number of carbonyl (C=O) groups is 3. The summed E-state index contributed by atoms with van der Waals surface area (Å²) >= 11 is 0. The zero-order valence-electron chi connectivity index (χ0n) is 21.4. The van der Waals surface area contributed by atoms with Crippen LogP contribution in [0.4, 0.5) is 0 Å². The number of hydrogen-bond donors (Lipinski definition) is 4. The molecule has 10 heteroatoms. The molecule has 1 aliphatic rings. The van der Waals surface area contributed by atoms with Crippen LogP contribution in [0.25, 0.3) is 0 Å². The minimum atomic E-state index is -0.959. The fraction of sp³-hybridized carbons (Fsp3) is 0.538. The lowest BCUT2D eigenvalue weighted by molar-refractivity contribution is -0.155. The molecule has 0 saturated heterocycles. The predicted octanol–water partition coefficient (Wildman–Crippen LogP) is 1.84. The third-order valence-corrected chi connectivity index (χ3v) is 5.62. The van der Waals surface area contributed by atoms with Crippen LogP contribution in [0.1, 0.15) is 57.4 Å².